The fourth-order valence-electron chi connectivity index (χ4n) is 7.51. The summed E-state index contributed by atoms with van der Waals surface area (Å²) in [5.41, 5.74) is 12.4. The van der Waals surface area contributed by atoms with Gasteiger partial charge in [0.1, 0.15) is 0 Å². The highest BCUT2D eigenvalue weighted by molar-refractivity contribution is 5.99. The molecule has 0 aliphatic heterocycles. The molecule has 7 aromatic rings. The zero-order chi connectivity index (χ0) is 30.1. The summed E-state index contributed by atoms with van der Waals surface area (Å²) in [7, 11) is 0. The Morgan fingerprint density at radius 3 is 2.02 bits per heavy atom. The predicted molar refractivity (Wildman–Crippen MR) is 180 cm³/mol. The maximum atomic E-state index is 5.26. The van der Waals surface area contributed by atoms with Gasteiger partial charge in [-0.15, -0.1) is 0 Å². The Morgan fingerprint density at radius 2 is 1.16 bits per heavy atom. The van der Waals surface area contributed by atoms with E-state index >= 15 is 0 Å². The van der Waals surface area contributed by atoms with E-state index < -0.39 is 0 Å². The van der Waals surface area contributed by atoms with Crippen molar-refractivity contribution in [3.8, 4) is 56.7 Å². The molecule has 214 valence electrons. The van der Waals surface area contributed by atoms with Gasteiger partial charge in [0, 0.05) is 28.9 Å². The fourth-order valence-corrected chi connectivity index (χ4v) is 7.51. The highest BCUT2D eigenvalue weighted by atomic mass is 15.1. The smallest absolute Gasteiger partial charge is 0.201 e. The van der Waals surface area contributed by atoms with Crippen LogP contribution in [-0.2, 0) is 18.3 Å². The van der Waals surface area contributed by atoms with Crippen LogP contribution in [-0.4, -0.2) is 24.9 Å². The summed E-state index contributed by atoms with van der Waals surface area (Å²) in [6.07, 6.45) is 5.44. The Hall–Kier alpha value is -5.55. The number of aromatic nitrogens is 5. The molecular formula is C40H29N5. The summed E-state index contributed by atoms with van der Waals surface area (Å²) < 4.78 is 0. The first-order valence-electron chi connectivity index (χ1n) is 15.5. The lowest BCUT2D eigenvalue weighted by molar-refractivity contribution is 0.660. The quantitative estimate of drug-likeness (QED) is 0.209. The Balaban J connectivity index is 1.39. The highest BCUT2D eigenvalue weighted by Crippen LogP contribution is 2.57. The van der Waals surface area contributed by atoms with Crippen LogP contribution in [0.2, 0.25) is 0 Å². The lowest BCUT2D eigenvalue weighted by Crippen LogP contribution is -2.19. The number of rotatable bonds is 3. The zero-order valence-corrected chi connectivity index (χ0v) is 25.1. The van der Waals surface area contributed by atoms with Gasteiger partial charge >= 0.3 is 0 Å². The van der Waals surface area contributed by atoms with Gasteiger partial charge in [0.15, 0.2) is 17.5 Å². The van der Waals surface area contributed by atoms with Crippen LogP contribution in [0.15, 0.2) is 116 Å². The molecule has 5 heteroatoms. The van der Waals surface area contributed by atoms with E-state index in [1.165, 1.54) is 44.5 Å². The number of benzene rings is 5. The van der Waals surface area contributed by atoms with Gasteiger partial charge in [-0.3, -0.25) is 0 Å². The topological polar surface area (TPSA) is 64.5 Å². The van der Waals surface area contributed by atoms with Crippen LogP contribution in [0, 0.1) is 0 Å². The van der Waals surface area contributed by atoms with Crippen LogP contribution < -0.4 is 0 Å². The van der Waals surface area contributed by atoms with Crippen molar-refractivity contribution in [3.05, 3.63) is 138 Å². The Morgan fingerprint density at radius 1 is 0.511 bits per heavy atom. The molecular weight excluding hydrogens is 550 g/mol. The molecule has 0 saturated heterocycles. The van der Waals surface area contributed by atoms with Gasteiger partial charge in [-0.05, 0) is 80.3 Å². The van der Waals surface area contributed by atoms with Gasteiger partial charge in [0.05, 0.1) is 0 Å². The first-order valence-corrected chi connectivity index (χ1v) is 15.5. The molecule has 0 bridgehead atoms. The van der Waals surface area contributed by atoms with Gasteiger partial charge < -0.3 is 0 Å². The highest BCUT2D eigenvalue weighted by Gasteiger charge is 2.41. The minimum Gasteiger partial charge on any atom is -0.234 e. The molecule has 9 rings (SSSR count). The SMILES string of the molecule is CC1(C)c2ccccc2-c2c(-c3nc(-c4ncccn4)nc(-c4cccc5ccccc45)n3)cc3c(c21)-c1ccccc1CC3. The minimum absolute atomic E-state index is 0.201. The normalized spacial score (nSPS) is 14.0. The molecule has 2 aliphatic rings. The van der Waals surface area contributed by atoms with Crippen molar-refractivity contribution in [2.24, 2.45) is 0 Å². The molecule has 2 aromatic heterocycles. The van der Waals surface area contributed by atoms with Crippen molar-refractivity contribution >= 4 is 10.8 Å². The minimum atomic E-state index is -0.201. The lowest BCUT2D eigenvalue weighted by atomic mass is 9.73. The first kappa shape index (κ1) is 25.9. The molecule has 0 amide bonds. The maximum absolute atomic E-state index is 5.26. The molecule has 0 atom stereocenters. The molecule has 2 heterocycles. The number of nitrogens with zero attached hydrogens (tertiary/aromatic N) is 5. The lowest BCUT2D eigenvalue weighted by Gasteiger charge is -2.30. The number of hydrogen-bond donors (Lipinski definition) is 0. The number of aryl methyl sites for hydroxylation is 2. The van der Waals surface area contributed by atoms with Crippen molar-refractivity contribution < 1.29 is 0 Å². The second-order valence-corrected chi connectivity index (χ2v) is 12.4. The summed E-state index contributed by atoms with van der Waals surface area (Å²) >= 11 is 0. The van der Waals surface area contributed by atoms with Crippen molar-refractivity contribution in [1.29, 1.82) is 0 Å². The van der Waals surface area contributed by atoms with Crippen LogP contribution >= 0.6 is 0 Å². The number of hydrogen-bond acceptors (Lipinski definition) is 5. The van der Waals surface area contributed by atoms with Crippen molar-refractivity contribution in [1.82, 2.24) is 24.9 Å². The molecule has 45 heavy (non-hydrogen) atoms. The van der Waals surface area contributed by atoms with E-state index in [0.717, 1.165) is 34.7 Å². The van der Waals surface area contributed by atoms with Gasteiger partial charge in [0.2, 0.25) is 5.82 Å². The van der Waals surface area contributed by atoms with Gasteiger partial charge in [-0.2, -0.15) is 0 Å². The third kappa shape index (κ3) is 3.90. The molecule has 5 nitrogen and oxygen atoms in total. The van der Waals surface area contributed by atoms with E-state index in [1.807, 2.05) is 6.07 Å². The third-order valence-corrected chi connectivity index (χ3v) is 9.53. The fraction of sp³-hybridized carbons (Fsp3) is 0.125. The molecule has 0 spiro atoms. The largest absolute Gasteiger partial charge is 0.234 e. The zero-order valence-electron chi connectivity index (χ0n) is 25.1. The van der Waals surface area contributed by atoms with Gasteiger partial charge in [-0.1, -0.05) is 105 Å². The van der Waals surface area contributed by atoms with Crippen molar-refractivity contribution in [3.63, 3.8) is 0 Å². The van der Waals surface area contributed by atoms with E-state index in [4.69, 9.17) is 15.0 Å². The molecule has 5 aromatic carbocycles. The van der Waals surface area contributed by atoms with Crippen LogP contribution in [0.5, 0.6) is 0 Å². The van der Waals surface area contributed by atoms with Crippen molar-refractivity contribution in [2.75, 3.05) is 0 Å². The summed E-state index contributed by atoms with van der Waals surface area (Å²) in [6.45, 7) is 4.72. The second-order valence-electron chi connectivity index (χ2n) is 12.4. The predicted octanol–water partition coefficient (Wildman–Crippen LogP) is 8.89. The third-order valence-electron chi connectivity index (χ3n) is 9.53. The summed E-state index contributed by atoms with van der Waals surface area (Å²) in [5, 5.41) is 2.23. The Bertz CT molecular complexity index is 2300. The van der Waals surface area contributed by atoms with Crippen LogP contribution in [0.25, 0.3) is 67.5 Å². The average molecular weight is 580 g/mol. The van der Waals surface area contributed by atoms with Crippen LogP contribution in [0.1, 0.15) is 36.1 Å². The van der Waals surface area contributed by atoms with Crippen LogP contribution in [0.3, 0.4) is 0 Å². The van der Waals surface area contributed by atoms with E-state index in [-0.39, 0.29) is 5.41 Å². The van der Waals surface area contributed by atoms with Crippen molar-refractivity contribution in [2.45, 2.75) is 32.1 Å². The van der Waals surface area contributed by atoms with E-state index in [0.29, 0.717) is 23.3 Å². The van der Waals surface area contributed by atoms with E-state index in [2.05, 4.69) is 121 Å². The summed E-state index contributed by atoms with van der Waals surface area (Å²) in [5.74, 6) is 2.19. The monoisotopic (exact) mass is 579 g/mol. The Kier molecular flexibility index (Phi) is 5.60. The van der Waals surface area contributed by atoms with Gasteiger partial charge in [-0.25, -0.2) is 24.9 Å². The first-order chi connectivity index (χ1) is 22.1. The molecule has 0 radical (unpaired) electrons. The molecule has 2 aliphatic carbocycles. The molecule has 0 fully saturated rings. The second kappa shape index (κ2) is 9.73. The maximum Gasteiger partial charge on any atom is 0.201 e. The average Bonchev–Trinajstić information content (AvgIpc) is 3.34. The van der Waals surface area contributed by atoms with E-state index in [1.54, 1.807) is 12.4 Å². The molecule has 0 saturated carbocycles. The standard InChI is InChI=1S/C40H29N5/c1-40(2)32-18-8-7-16-30(32)34-31(23-26-20-19-25-12-4-6-15-28(25)33(26)35(34)40)37-43-36(44-39(45-37)38-41-21-10-22-42-38)29-17-9-13-24-11-3-5-14-27(24)29/h3-18,21-23H,19-20H2,1-2H3. The molecule has 0 N–H and O–H groups in total. The van der Waals surface area contributed by atoms with Crippen LogP contribution in [0.4, 0.5) is 0 Å². The summed E-state index contributed by atoms with van der Waals surface area (Å²) in [6, 6.07) is 36.5. The number of fused-ring (bicyclic) bond motifs is 8. The van der Waals surface area contributed by atoms with Gasteiger partial charge in [0.25, 0.3) is 0 Å². The Labute approximate surface area is 261 Å². The van der Waals surface area contributed by atoms with E-state index in [9.17, 15) is 0 Å². The summed E-state index contributed by atoms with van der Waals surface area (Å²) in [4.78, 5) is 24.5. The molecule has 0 unspecified atom stereocenters.